The molecule has 1 heterocycles. The number of aromatic hydroxyl groups is 1. The van der Waals surface area contributed by atoms with Crippen LogP contribution in [0.3, 0.4) is 0 Å². The van der Waals surface area contributed by atoms with E-state index in [1.54, 1.807) is 45.9 Å². The minimum absolute atomic E-state index is 0.0275. The number of hydrogen-bond acceptors (Lipinski definition) is 5. The van der Waals surface area contributed by atoms with Crippen LogP contribution in [0.1, 0.15) is 57.7 Å². The summed E-state index contributed by atoms with van der Waals surface area (Å²) in [5.74, 6) is 0.0275. The number of benzene rings is 1. The zero-order chi connectivity index (χ0) is 20.6. The van der Waals surface area contributed by atoms with Crippen molar-refractivity contribution in [1.29, 1.82) is 0 Å². The molecule has 0 radical (unpaired) electrons. The van der Waals surface area contributed by atoms with E-state index in [2.05, 4.69) is 0 Å². The van der Waals surface area contributed by atoms with Gasteiger partial charge < -0.3 is 15.3 Å². The largest absolute Gasteiger partial charge is 0.507 e. The summed E-state index contributed by atoms with van der Waals surface area (Å²) < 4.78 is 26.6. The van der Waals surface area contributed by atoms with Gasteiger partial charge in [-0.05, 0) is 30.2 Å². The van der Waals surface area contributed by atoms with Gasteiger partial charge in [-0.15, -0.1) is 0 Å². The van der Waals surface area contributed by atoms with Gasteiger partial charge in [-0.25, -0.2) is 8.42 Å². The molecule has 0 unspecified atom stereocenters. The molecule has 1 aliphatic heterocycles. The van der Waals surface area contributed by atoms with Gasteiger partial charge in [-0.1, -0.05) is 34.6 Å². The zero-order valence-electron chi connectivity index (χ0n) is 16.8. The average molecular weight is 398 g/mol. The van der Waals surface area contributed by atoms with Gasteiger partial charge in [0.25, 0.3) is 0 Å². The summed E-state index contributed by atoms with van der Waals surface area (Å²) in [6.45, 7) is 9.57. The number of hydrogen-bond donors (Lipinski definition) is 3. The maximum absolute atomic E-state index is 12.6. The van der Waals surface area contributed by atoms with Crippen molar-refractivity contribution >= 4 is 16.1 Å². The van der Waals surface area contributed by atoms with E-state index in [1.165, 1.54) is 4.31 Å². The molecule has 1 aliphatic rings. The third kappa shape index (κ3) is 4.06. The molecule has 1 fully saturated rings. The van der Waals surface area contributed by atoms with E-state index < -0.39 is 20.9 Å². The summed E-state index contributed by atoms with van der Waals surface area (Å²) in [5.41, 5.74) is 0.251. The molecule has 0 amide bonds. The highest BCUT2D eigenvalue weighted by Gasteiger charge is 2.34. The molecule has 2 rings (SSSR count). The third-order valence-corrected chi connectivity index (χ3v) is 7.45. The van der Waals surface area contributed by atoms with Crippen molar-refractivity contribution in [3.05, 3.63) is 33.7 Å². The highest BCUT2D eigenvalue weighted by molar-refractivity contribution is 7.93. The van der Waals surface area contributed by atoms with Crippen LogP contribution in [-0.4, -0.2) is 54.3 Å². The summed E-state index contributed by atoms with van der Waals surface area (Å²) in [6, 6.07) is 3.44. The van der Waals surface area contributed by atoms with Crippen molar-refractivity contribution in [2.75, 3.05) is 26.3 Å². The lowest BCUT2D eigenvalue weighted by Crippen LogP contribution is -2.26. The van der Waals surface area contributed by atoms with E-state index in [0.29, 0.717) is 41.1 Å². The molecule has 7 heteroatoms. The topological polar surface area (TPSA) is 98.1 Å². The molecule has 0 atom stereocenters. The normalized spacial score (nSPS) is 19.7. The molecule has 3 N–H and O–H groups in total. The summed E-state index contributed by atoms with van der Waals surface area (Å²) in [5, 5.41) is 30.4. The molecule has 0 aliphatic carbocycles. The van der Waals surface area contributed by atoms with E-state index in [1.807, 2.05) is 6.92 Å². The van der Waals surface area contributed by atoms with E-state index in [0.717, 1.165) is 0 Å². The van der Waals surface area contributed by atoms with Gasteiger partial charge in [-0.2, -0.15) is 4.31 Å². The molecule has 0 saturated carbocycles. The van der Waals surface area contributed by atoms with Gasteiger partial charge in [0.15, 0.2) is 0 Å². The molecule has 1 aromatic rings. The molecule has 1 aromatic carbocycles. The van der Waals surface area contributed by atoms with Crippen LogP contribution >= 0.6 is 0 Å². The van der Waals surface area contributed by atoms with Gasteiger partial charge in [0.2, 0.25) is 10.0 Å². The van der Waals surface area contributed by atoms with Crippen molar-refractivity contribution < 1.29 is 23.7 Å². The quantitative estimate of drug-likeness (QED) is 0.684. The van der Waals surface area contributed by atoms with Gasteiger partial charge in [0, 0.05) is 35.0 Å². The van der Waals surface area contributed by atoms with E-state index in [4.69, 9.17) is 0 Å². The molecular weight excluding hydrogens is 366 g/mol. The number of phenolic OH excluding ortho intramolecular Hbond substituents is 1. The minimum Gasteiger partial charge on any atom is -0.507 e. The Morgan fingerprint density at radius 2 is 1.56 bits per heavy atom. The summed E-state index contributed by atoms with van der Waals surface area (Å²) in [4.78, 5) is 0.343. The van der Waals surface area contributed by atoms with Crippen LogP contribution in [0.5, 0.6) is 5.75 Å². The number of phenols is 1. The van der Waals surface area contributed by atoms with Gasteiger partial charge >= 0.3 is 0 Å². The molecule has 27 heavy (non-hydrogen) atoms. The molecule has 152 valence electrons. The second-order valence-electron chi connectivity index (χ2n) is 8.41. The van der Waals surface area contributed by atoms with Crippen LogP contribution in [0.4, 0.5) is 0 Å². The van der Waals surface area contributed by atoms with Crippen LogP contribution in [0.2, 0.25) is 0 Å². The molecule has 0 aromatic heterocycles. The van der Waals surface area contributed by atoms with Crippen molar-refractivity contribution in [3.63, 3.8) is 0 Å². The molecule has 1 saturated heterocycles. The Bertz CT molecular complexity index is 803. The first-order chi connectivity index (χ1) is 12.4. The third-order valence-electron chi connectivity index (χ3n) is 5.34. The predicted molar refractivity (Wildman–Crippen MR) is 107 cm³/mol. The van der Waals surface area contributed by atoms with Gasteiger partial charge in [0.1, 0.15) is 5.75 Å². The maximum Gasteiger partial charge on any atom is 0.239 e. The Hall–Kier alpha value is -1.41. The Kier molecular flexibility index (Phi) is 6.11. The fourth-order valence-corrected chi connectivity index (χ4v) is 4.89. The second kappa shape index (κ2) is 7.54. The van der Waals surface area contributed by atoms with Crippen molar-refractivity contribution in [2.24, 2.45) is 0 Å². The number of aliphatic hydroxyl groups excluding tert-OH is 2. The Labute approximate surface area is 162 Å². The van der Waals surface area contributed by atoms with Crippen LogP contribution in [0, 0.1) is 0 Å². The van der Waals surface area contributed by atoms with Crippen LogP contribution in [-0.2, 0) is 20.9 Å². The molecule has 6 nitrogen and oxygen atoms in total. The summed E-state index contributed by atoms with van der Waals surface area (Å²) in [7, 11) is -3.46. The zero-order valence-corrected chi connectivity index (χ0v) is 17.6. The van der Waals surface area contributed by atoms with Crippen LogP contribution in [0.15, 0.2) is 17.0 Å². The number of rotatable bonds is 6. The lowest BCUT2D eigenvalue weighted by atomic mass is 9.77. The van der Waals surface area contributed by atoms with Crippen molar-refractivity contribution in [2.45, 2.75) is 51.9 Å². The fraction of sp³-hybridized carbons (Fsp3) is 0.600. The van der Waals surface area contributed by atoms with Crippen molar-refractivity contribution in [3.8, 4) is 5.75 Å². The standard InChI is InChI=1S/C20H31NO5S/c1-6-21-8-7-15(27(21,25)26)9-14-10-16(19(2,3)12-22)18(24)17(11-14)20(4,5)13-23/h9-11,22-24H,6-8,12-13H2,1-5H3/b15-9+. The Morgan fingerprint density at radius 1 is 1.07 bits per heavy atom. The van der Waals surface area contributed by atoms with Crippen LogP contribution in [0.25, 0.3) is 6.08 Å². The SMILES string of the molecule is CCN1CC/C(=C\c2cc(C(C)(C)CO)c(O)c(C(C)(C)CO)c2)S1(=O)=O. The first-order valence-corrected chi connectivity index (χ1v) is 10.6. The lowest BCUT2D eigenvalue weighted by Gasteiger charge is -2.30. The van der Waals surface area contributed by atoms with E-state index >= 15 is 0 Å². The summed E-state index contributed by atoms with van der Waals surface area (Å²) in [6.07, 6.45) is 2.08. The second-order valence-corrected chi connectivity index (χ2v) is 10.4. The van der Waals surface area contributed by atoms with Gasteiger partial charge in [-0.3, -0.25) is 0 Å². The summed E-state index contributed by atoms with van der Waals surface area (Å²) >= 11 is 0. The highest BCUT2D eigenvalue weighted by atomic mass is 32.2. The maximum atomic E-state index is 12.6. The molecule has 0 spiro atoms. The average Bonchev–Trinajstić information content (AvgIpc) is 2.89. The monoisotopic (exact) mass is 397 g/mol. The number of nitrogens with zero attached hydrogens (tertiary/aromatic N) is 1. The minimum atomic E-state index is -3.46. The fourth-order valence-electron chi connectivity index (χ4n) is 3.25. The Balaban J connectivity index is 2.70. The first-order valence-electron chi connectivity index (χ1n) is 9.21. The Morgan fingerprint density at radius 3 is 1.93 bits per heavy atom. The van der Waals surface area contributed by atoms with Gasteiger partial charge in [0.05, 0.1) is 18.1 Å². The van der Waals surface area contributed by atoms with Crippen molar-refractivity contribution in [1.82, 2.24) is 4.31 Å². The first kappa shape index (κ1) is 21.9. The van der Waals surface area contributed by atoms with E-state index in [9.17, 15) is 23.7 Å². The molecule has 0 bridgehead atoms. The molecular formula is C20H31NO5S. The highest BCUT2D eigenvalue weighted by Crippen LogP contribution is 2.41. The van der Waals surface area contributed by atoms with E-state index in [-0.39, 0.29) is 19.0 Å². The van der Waals surface area contributed by atoms with Crippen LogP contribution < -0.4 is 0 Å². The number of sulfonamides is 1. The predicted octanol–water partition coefficient (Wildman–Crippen LogP) is 2.33. The number of aliphatic hydroxyl groups is 2. The smallest absolute Gasteiger partial charge is 0.239 e. The lowest BCUT2D eigenvalue weighted by molar-refractivity contribution is 0.207.